The SMILES string of the molecule is Cc1ccc(F)cc1NC(=O)c1cccc(S(=O)(=O)N2CC(C)OC(C)C2)c1. The van der Waals surface area contributed by atoms with Crippen molar-refractivity contribution in [3.05, 3.63) is 59.4 Å². The first-order valence-electron chi connectivity index (χ1n) is 9.00. The number of sulfonamides is 1. The molecule has 2 aromatic rings. The number of hydrogen-bond donors (Lipinski definition) is 1. The number of halogens is 1. The summed E-state index contributed by atoms with van der Waals surface area (Å²) in [7, 11) is -3.76. The van der Waals surface area contributed by atoms with Crippen LogP contribution < -0.4 is 5.32 Å². The number of benzene rings is 2. The topological polar surface area (TPSA) is 75.7 Å². The molecule has 150 valence electrons. The molecule has 1 aliphatic heterocycles. The van der Waals surface area contributed by atoms with Gasteiger partial charge in [-0.05, 0) is 56.7 Å². The van der Waals surface area contributed by atoms with Crippen molar-refractivity contribution in [2.24, 2.45) is 0 Å². The number of hydrogen-bond acceptors (Lipinski definition) is 4. The molecule has 1 heterocycles. The van der Waals surface area contributed by atoms with Gasteiger partial charge in [0, 0.05) is 24.3 Å². The minimum absolute atomic E-state index is 0.0393. The summed E-state index contributed by atoms with van der Waals surface area (Å²) in [4.78, 5) is 12.6. The third kappa shape index (κ3) is 4.40. The Bertz CT molecular complexity index is 983. The van der Waals surface area contributed by atoms with E-state index in [1.807, 2.05) is 13.8 Å². The molecule has 1 N–H and O–H groups in total. The molecule has 6 nitrogen and oxygen atoms in total. The molecule has 3 rings (SSSR count). The van der Waals surface area contributed by atoms with Gasteiger partial charge in [0.1, 0.15) is 5.82 Å². The van der Waals surface area contributed by atoms with Crippen LogP contribution in [0, 0.1) is 12.7 Å². The Morgan fingerprint density at radius 1 is 1.14 bits per heavy atom. The molecular weight excluding hydrogens is 383 g/mol. The number of aryl methyl sites for hydroxylation is 1. The fourth-order valence-electron chi connectivity index (χ4n) is 3.20. The van der Waals surface area contributed by atoms with Gasteiger partial charge in [0.05, 0.1) is 17.1 Å². The summed E-state index contributed by atoms with van der Waals surface area (Å²) in [6, 6.07) is 9.94. The summed E-state index contributed by atoms with van der Waals surface area (Å²) in [5.41, 5.74) is 1.22. The molecule has 0 bridgehead atoms. The van der Waals surface area contributed by atoms with Crippen LogP contribution in [0.3, 0.4) is 0 Å². The highest BCUT2D eigenvalue weighted by Gasteiger charge is 2.32. The molecule has 1 amide bonds. The van der Waals surface area contributed by atoms with Crippen LogP contribution in [0.2, 0.25) is 0 Å². The average molecular weight is 406 g/mol. The van der Waals surface area contributed by atoms with E-state index in [4.69, 9.17) is 4.74 Å². The predicted molar refractivity (Wildman–Crippen MR) is 104 cm³/mol. The van der Waals surface area contributed by atoms with E-state index in [9.17, 15) is 17.6 Å². The Morgan fingerprint density at radius 2 is 1.82 bits per heavy atom. The zero-order chi connectivity index (χ0) is 20.5. The third-order valence-electron chi connectivity index (χ3n) is 4.57. The first kappa shape index (κ1) is 20.4. The Labute approximate surface area is 164 Å². The maximum Gasteiger partial charge on any atom is 0.255 e. The van der Waals surface area contributed by atoms with Crippen molar-refractivity contribution in [1.82, 2.24) is 4.31 Å². The van der Waals surface area contributed by atoms with Gasteiger partial charge in [-0.1, -0.05) is 12.1 Å². The molecule has 28 heavy (non-hydrogen) atoms. The van der Waals surface area contributed by atoms with E-state index < -0.39 is 21.7 Å². The summed E-state index contributed by atoms with van der Waals surface area (Å²) in [6.45, 7) is 5.90. The lowest BCUT2D eigenvalue weighted by atomic mass is 10.1. The van der Waals surface area contributed by atoms with Crippen molar-refractivity contribution in [3.63, 3.8) is 0 Å². The lowest BCUT2D eigenvalue weighted by molar-refractivity contribution is -0.0440. The van der Waals surface area contributed by atoms with E-state index in [0.717, 1.165) is 0 Å². The summed E-state index contributed by atoms with van der Waals surface area (Å²) in [5, 5.41) is 2.63. The van der Waals surface area contributed by atoms with Gasteiger partial charge in [-0.3, -0.25) is 4.79 Å². The molecule has 1 saturated heterocycles. The number of anilines is 1. The number of nitrogens with one attached hydrogen (secondary N) is 1. The highest BCUT2D eigenvalue weighted by atomic mass is 32.2. The number of carbonyl (C=O) groups is 1. The van der Waals surface area contributed by atoms with Crippen LogP contribution in [-0.2, 0) is 14.8 Å². The molecule has 8 heteroatoms. The maximum atomic E-state index is 13.4. The smallest absolute Gasteiger partial charge is 0.255 e. The van der Waals surface area contributed by atoms with Gasteiger partial charge in [-0.15, -0.1) is 0 Å². The van der Waals surface area contributed by atoms with Gasteiger partial charge in [0.15, 0.2) is 0 Å². The fraction of sp³-hybridized carbons (Fsp3) is 0.350. The number of rotatable bonds is 4. The average Bonchev–Trinajstić information content (AvgIpc) is 2.64. The number of nitrogens with zero attached hydrogens (tertiary/aromatic N) is 1. The third-order valence-corrected chi connectivity index (χ3v) is 6.40. The second-order valence-corrected chi connectivity index (χ2v) is 8.96. The van der Waals surface area contributed by atoms with Crippen molar-refractivity contribution in [3.8, 4) is 0 Å². The van der Waals surface area contributed by atoms with Crippen LogP contribution in [-0.4, -0.2) is 43.9 Å². The minimum Gasteiger partial charge on any atom is -0.373 e. The van der Waals surface area contributed by atoms with Crippen molar-refractivity contribution in [1.29, 1.82) is 0 Å². The van der Waals surface area contributed by atoms with Crippen LogP contribution in [0.1, 0.15) is 29.8 Å². The van der Waals surface area contributed by atoms with Crippen LogP contribution in [0.4, 0.5) is 10.1 Å². The molecule has 1 aliphatic rings. The van der Waals surface area contributed by atoms with E-state index in [1.165, 1.54) is 40.7 Å². The molecule has 2 unspecified atom stereocenters. The highest BCUT2D eigenvalue weighted by molar-refractivity contribution is 7.89. The van der Waals surface area contributed by atoms with Crippen LogP contribution in [0.25, 0.3) is 0 Å². The van der Waals surface area contributed by atoms with Gasteiger partial charge in [0.2, 0.25) is 10.0 Å². The van der Waals surface area contributed by atoms with E-state index in [1.54, 1.807) is 13.0 Å². The Kier molecular flexibility index (Phi) is 5.83. The molecule has 2 aromatic carbocycles. The minimum atomic E-state index is -3.76. The van der Waals surface area contributed by atoms with Crippen molar-refractivity contribution >= 4 is 21.6 Å². The number of carbonyl (C=O) groups excluding carboxylic acids is 1. The molecule has 0 radical (unpaired) electrons. The number of ether oxygens (including phenoxy) is 1. The van der Waals surface area contributed by atoms with Crippen molar-refractivity contribution in [2.45, 2.75) is 37.9 Å². The second-order valence-electron chi connectivity index (χ2n) is 7.02. The standard InChI is InChI=1S/C20H23FN2O4S/c1-13-7-8-17(21)10-19(13)22-20(24)16-5-4-6-18(9-16)28(25,26)23-11-14(2)27-15(3)12-23/h4-10,14-15H,11-12H2,1-3H3,(H,22,24). The summed E-state index contributed by atoms with van der Waals surface area (Å²) in [6.07, 6.45) is -0.415. The molecule has 1 fully saturated rings. The predicted octanol–water partition coefficient (Wildman–Crippen LogP) is 3.18. The molecule has 2 atom stereocenters. The number of amides is 1. The zero-order valence-corrected chi connectivity index (χ0v) is 16.8. The molecular formula is C20H23FN2O4S. The van der Waals surface area contributed by atoms with Gasteiger partial charge >= 0.3 is 0 Å². The summed E-state index contributed by atoms with van der Waals surface area (Å²) in [5.74, 6) is -0.970. The van der Waals surface area contributed by atoms with E-state index in [0.29, 0.717) is 11.3 Å². The molecule has 0 spiro atoms. The van der Waals surface area contributed by atoms with E-state index >= 15 is 0 Å². The van der Waals surface area contributed by atoms with Gasteiger partial charge in [-0.25, -0.2) is 12.8 Å². The number of morpholine rings is 1. The van der Waals surface area contributed by atoms with Gasteiger partial charge in [0.25, 0.3) is 5.91 Å². The first-order valence-corrected chi connectivity index (χ1v) is 10.4. The highest BCUT2D eigenvalue weighted by Crippen LogP contribution is 2.23. The van der Waals surface area contributed by atoms with E-state index in [2.05, 4.69) is 5.32 Å². The van der Waals surface area contributed by atoms with Crippen molar-refractivity contribution in [2.75, 3.05) is 18.4 Å². The Hall–Kier alpha value is -2.29. The van der Waals surface area contributed by atoms with Crippen LogP contribution >= 0.6 is 0 Å². The van der Waals surface area contributed by atoms with Crippen LogP contribution in [0.15, 0.2) is 47.4 Å². The Balaban J connectivity index is 1.85. The van der Waals surface area contributed by atoms with Crippen molar-refractivity contribution < 1.29 is 22.3 Å². The van der Waals surface area contributed by atoms with E-state index in [-0.39, 0.29) is 35.8 Å². The molecule has 0 aliphatic carbocycles. The molecule has 0 aromatic heterocycles. The lowest BCUT2D eigenvalue weighted by Gasteiger charge is -2.34. The first-order chi connectivity index (χ1) is 13.2. The van der Waals surface area contributed by atoms with Gasteiger partial charge < -0.3 is 10.1 Å². The lowest BCUT2D eigenvalue weighted by Crippen LogP contribution is -2.48. The fourth-order valence-corrected chi connectivity index (χ4v) is 4.83. The quantitative estimate of drug-likeness (QED) is 0.846. The van der Waals surface area contributed by atoms with Crippen LogP contribution in [0.5, 0.6) is 0 Å². The largest absolute Gasteiger partial charge is 0.373 e. The van der Waals surface area contributed by atoms with Gasteiger partial charge in [-0.2, -0.15) is 4.31 Å². The monoisotopic (exact) mass is 406 g/mol. The zero-order valence-electron chi connectivity index (χ0n) is 16.0. The Morgan fingerprint density at radius 3 is 2.50 bits per heavy atom. The maximum absolute atomic E-state index is 13.4. The normalized spacial score (nSPS) is 20.7. The summed E-state index contributed by atoms with van der Waals surface area (Å²) < 4.78 is 46.4. The second kappa shape index (κ2) is 7.98. The summed E-state index contributed by atoms with van der Waals surface area (Å²) >= 11 is 0. The molecule has 0 saturated carbocycles.